The number of hydrogen-bond acceptors (Lipinski definition) is 16. The Labute approximate surface area is 890 Å². The zero-order chi connectivity index (χ0) is 95.9. The molecular formula is C116H101FK3N12O4P. The summed E-state index contributed by atoms with van der Waals surface area (Å²) in [4.78, 5) is 61.9. The second-order valence-electron chi connectivity index (χ2n) is 34.4. The average Bonchev–Trinajstić information content (AvgIpc) is 0.709. The van der Waals surface area contributed by atoms with E-state index in [9.17, 15) is 0 Å². The van der Waals surface area contributed by atoms with Gasteiger partial charge in [0.05, 0.1) is 45.4 Å². The minimum atomic E-state index is -3.15. The fourth-order valence-corrected chi connectivity index (χ4v) is 18.1. The van der Waals surface area contributed by atoms with Crippen LogP contribution in [0.3, 0.4) is 0 Å². The maximum atomic E-state index is 15.6. The van der Waals surface area contributed by atoms with Crippen LogP contribution in [-0.4, -0.2) is 113 Å². The molecule has 1 atom stereocenters. The molecule has 0 saturated carbocycles. The van der Waals surface area contributed by atoms with Crippen molar-refractivity contribution in [1.82, 2.24) is 49.8 Å². The predicted molar refractivity (Wildman–Crippen MR) is 548 cm³/mol. The number of aromatic nitrogens is 10. The summed E-state index contributed by atoms with van der Waals surface area (Å²) in [6.07, 6.45) is 1.92. The molecule has 0 aliphatic carbocycles. The van der Waals surface area contributed by atoms with E-state index in [0.717, 1.165) is 96.9 Å². The summed E-state index contributed by atoms with van der Waals surface area (Å²) in [5.41, 5.74) is 47.0. The Balaban J connectivity index is 0.000000167. The Kier molecular flexibility index (Phi) is 33.4. The van der Waals surface area contributed by atoms with Gasteiger partial charge in [-0.1, -0.05) is 243 Å². The van der Waals surface area contributed by atoms with Crippen molar-refractivity contribution in [2.45, 2.75) is 124 Å². The van der Waals surface area contributed by atoms with Gasteiger partial charge in [0.25, 0.3) is 0 Å². The van der Waals surface area contributed by atoms with Crippen molar-refractivity contribution < 1.29 is 75.2 Å². The van der Waals surface area contributed by atoms with Crippen LogP contribution >= 0.6 is 8.25 Å². The summed E-state index contributed by atoms with van der Waals surface area (Å²) in [5, 5.41) is 12.3. The minimum absolute atomic E-state index is 0. The van der Waals surface area contributed by atoms with Crippen molar-refractivity contribution in [1.29, 1.82) is 0 Å². The molecule has 0 bridgehead atoms. The van der Waals surface area contributed by atoms with Gasteiger partial charge in [0, 0.05) is 85.4 Å². The number of anilines is 5. The SMILES string of the molecule is Cc1c(C)c(C)c2c(c1C)Cc1c(C)c(C)c(C)c(C)c1N2.Cc1c(C)c(C)c2c(c1C)Cc1c(C)c(C)c(C)c(C)c1N2c1ccc(-c2nc(-c3ccccc3)cc(-c3ccccc3)n2)cc1-c1nc(-c2ccccc2)nc(-c2ccccc2)n1.Fc1ccc(-c2nc(-c3ccccc3)cc(-c3ccccc3)n2)cc1-c1nc(-c2ccccc2)nc(-c2ccccc2)n1.O=[P+]([O-])O[O-].[K+].[K][K]. The van der Waals surface area contributed by atoms with Gasteiger partial charge in [-0.2, -0.15) is 0 Å². The second-order valence-corrected chi connectivity index (χ2v) is 35.0. The van der Waals surface area contributed by atoms with Crippen LogP contribution in [0.1, 0.15) is 111 Å². The molecule has 2 aliphatic heterocycles. The summed E-state index contributed by atoms with van der Waals surface area (Å²) in [5.74, 6) is 3.57. The standard InChI is InChI=1S/C58H50N6.C37H24FN5.C21H27N.3K.HO4P/c1-34-36(3)40(7)53-47(38(34)5)32-48-39(6)35(2)37(4)41(8)54(48)64(53)52-30-29-46(57-59-50(42-21-13-9-14-22-42)33-51(60-57)43-23-15-10-16-24-43)31-49(52)58-62-55(44-25-17-11-18-26-44)61-56(63-58)45-27-19-12-20-28-45;38-31-22-21-29(36-39-32(25-13-5-1-6-14-25)24-33(40-36)26-15-7-2-8-16-26)23-30(31)37-42-34(27-17-9-3-10-18-27)41-35(43-37)28-19-11-4-12-20-28;1-10-12(3)16(7)20-18(14(10)5)9-19-15(6)11(2)13(4)17(8)21(19)22-20;;;;1-4-5(2)3/h9-31,33H,32H2,1-8H3;1-24H;22H,9H2,1-8H3;;;;1H/q;;;;;+1;/p-1. The molecule has 1 N–H and O–H groups in total. The van der Waals surface area contributed by atoms with Crippen molar-refractivity contribution >= 4 is 99.8 Å². The van der Waals surface area contributed by atoms with Gasteiger partial charge in [-0.25, -0.2) is 58.9 Å². The molecule has 14 aromatic carbocycles. The molecular weight excluding hydrogens is 1790 g/mol. The van der Waals surface area contributed by atoms with E-state index in [1.54, 1.807) is 12.1 Å². The van der Waals surface area contributed by atoms with Gasteiger partial charge in [-0.15, -0.1) is 0 Å². The van der Waals surface area contributed by atoms with E-state index in [-0.39, 0.29) is 62.8 Å². The van der Waals surface area contributed by atoms with E-state index >= 15 is 4.39 Å². The van der Waals surface area contributed by atoms with Crippen molar-refractivity contribution in [3.8, 4) is 136 Å². The molecule has 16 nitrogen and oxygen atoms in total. The van der Waals surface area contributed by atoms with Crippen LogP contribution in [0, 0.1) is 117 Å². The molecule has 1 unspecified atom stereocenters. The summed E-state index contributed by atoms with van der Waals surface area (Å²) in [7, 11) is -3.15. The number of halogens is 1. The molecule has 0 saturated heterocycles. The Morgan fingerprint density at radius 3 is 0.818 bits per heavy atom. The van der Waals surface area contributed by atoms with Gasteiger partial charge in [-0.05, 0) is 275 Å². The first kappa shape index (κ1) is 101. The molecule has 20 rings (SSSR count). The van der Waals surface area contributed by atoms with Gasteiger partial charge in [-0.3, -0.25) is 0 Å². The van der Waals surface area contributed by atoms with E-state index in [1.165, 1.54) is 203 Å². The van der Waals surface area contributed by atoms with Crippen LogP contribution in [0.5, 0.6) is 0 Å². The summed E-state index contributed by atoms with van der Waals surface area (Å²) >= 11 is 2.50. The normalized spacial score (nSPS) is 11.5. The van der Waals surface area contributed by atoms with Crippen LogP contribution in [0.15, 0.2) is 291 Å². The molecule has 4 aromatic heterocycles. The number of fused-ring (bicyclic) bond motifs is 4. The number of hydrogen-bond donors (Lipinski definition) is 1. The molecule has 6 heterocycles. The molecule has 0 radical (unpaired) electrons. The monoisotopic (exact) mass is 1890 g/mol. The van der Waals surface area contributed by atoms with E-state index < -0.39 is 14.1 Å². The number of nitrogens with one attached hydrogen (secondary N) is 1. The Morgan fingerprint density at radius 2 is 0.518 bits per heavy atom. The quantitative estimate of drug-likeness (QED) is 0.0463. The number of benzene rings is 14. The van der Waals surface area contributed by atoms with Crippen molar-refractivity contribution in [2.75, 3.05) is 10.2 Å². The topological polar surface area (TPSA) is 217 Å². The Bertz CT molecular complexity index is 7110. The molecule has 18 aromatic rings. The first-order valence-corrected chi connectivity index (χ1v) is 63.0. The fourth-order valence-electron chi connectivity index (χ4n) is 18.1. The first-order valence-electron chi connectivity index (χ1n) is 45.9. The molecule has 0 amide bonds. The Morgan fingerprint density at radius 1 is 0.285 bits per heavy atom. The van der Waals surface area contributed by atoms with E-state index in [0.29, 0.717) is 46.3 Å². The number of nitrogens with zero attached hydrogens (tertiary/aromatic N) is 11. The van der Waals surface area contributed by atoms with Crippen molar-refractivity contribution in [2.24, 2.45) is 0 Å². The van der Waals surface area contributed by atoms with Gasteiger partial charge in [0.2, 0.25) is 0 Å². The van der Waals surface area contributed by atoms with E-state index in [2.05, 4.69) is 223 Å². The van der Waals surface area contributed by atoms with Crippen LogP contribution in [0.2, 0.25) is 0 Å². The molecule has 21 heteroatoms. The molecule has 137 heavy (non-hydrogen) atoms. The van der Waals surface area contributed by atoms with E-state index in [1.807, 2.05) is 176 Å². The summed E-state index contributed by atoms with van der Waals surface area (Å²) < 4.78 is 26.9. The third-order valence-electron chi connectivity index (χ3n) is 27.0. The zero-order valence-corrected chi connectivity index (χ0v) is 91.3. The molecule has 0 fully saturated rings. The molecule has 664 valence electrons. The van der Waals surface area contributed by atoms with Crippen LogP contribution < -0.4 is 71.8 Å². The van der Waals surface area contributed by atoms with Crippen molar-refractivity contribution in [3.05, 3.63) is 408 Å². The third-order valence-corrected chi connectivity index (χ3v) is 27.1. The van der Waals surface area contributed by atoms with Gasteiger partial charge < -0.3 is 20.4 Å². The van der Waals surface area contributed by atoms with Gasteiger partial charge in [0.15, 0.2) is 46.6 Å². The van der Waals surface area contributed by atoms with Crippen molar-refractivity contribution in [3.63, 3.8) is 0 Å². The molecule has 2 aliphatic rings. The van der Waals surface area contributed by atoms with Crippen LogP contribution in [-0.2, 0) is 22.1 Å². The second kappa shape index (κ2) is 45.3. The van der Waals surface area contributed by atoms with Gasteiger partial charge >= 0.3 is 123 Å². The van der Waals surface area contributed by atoms with Crippen LogP contribution in [0.25, 0.3) is 136 Å². The summed E-state index contributed by atoms with van der Waals surface area (Å²) in [6, 6.07) is 95.7. The number of rotatable bonds is 14. The van der Waals surface area contributed by atoms with Crippen LogP contribution in [0.4, 0.5) is 32.8 Å². The first-order chi connectivity index (χ1) is 65.8. The van der Waals surface area contributed by atoms with E-state index in [4.69, 9.17) is 64.6 Å². The summed E-state index contributed by atoms with van der Waals surface area (Å²) in [6.45, 7) is 36.3. The fraction of sp³-hybridized carbons (Fsp3) is 0.155. The zero-order valence-electron chi connectivity index (χ0n) is 81.0. The van der Waals surface area contributed by atoms with Gasteiger partial charge in [0.1, 0.15) is 5.82 Å². The predicted octanol–water partition coefficient (Wildman–Crippen LogP) is 23.6. The maximum absolute atomic E-state index is 15.6. The third kappa shape index (κ3) is 21.7. The molecule has 0 spiro atoms. The Hall–Kier alpha value is -10.3. The average molecular weight is 1890 g/mol.